The van der Waals surface area contributed by atoms with Gasteiger partial charge in [-0.15, -0.1) is 0 Å². The Morgan fingerprint density at radius 1 is 1.26 bits per heavy atom. The standard InChI is InChI=1S/C16H28O3/c1-15(2)12-8-9-16(15,3)13(11-12)19-10-6-4-5-7-14(17)18/h12-13H,4-11H2,1-3H3,(H,17,18). The van der Waals surface area contributed by atoms with Crippen LogP contribution in [0.2, 0.25) is 0 Å². The van der Waals surface area contributed by atoms with E-state index in [9.17, 15) is 4.79 Å². The van der Waals surface area contributed by atoms with Crippen LogP contribution in [0.1, 0.15) is 65.7 Å². The number of fused-ring (bicyclic) bond motifs is 2. The van der Waals surface area contributed by atoms with Crippen LogP contribution in [0.4, 0.5) is 0 Å². The normalized spacial score (nSPS) is 35.7. The van der Waals surface area contributed by atoms with Gasteiger partial charge in [-0.1, -0.05) is 27.2 Å². The van der Waals surface area contributed by atoms with Gasteiger partial charge in [0.15, 0.2) is 0 Å². The van der Waals surface area contributed by atoms with E-state index in [2.05, 4.69) is 20.8 Å². The Morgan fingerprint density at radius 3 is 2.53 bits per heavy atom. The lowest BCUT2D eigenvalue weighted by atomic mass is 9.70. The smallest absolute Gasteiger partial charge is 0.303 e. The third kappa shape index (κ3) is 2.67. The fraction of sp³-hybridized carbons (Fsp3) is 0.938. The van der Waals surface area contributed by atoms with E-state index >= 15 is 0 Å². The molecule has 2 bridgehead atoms. The molecular formula is C16H28O3. The summed E-state index contributed by atoms with van der Waals surface area (Å²) in [6, 6.07) is 0. The van der Waals surface area contributed by atoms with Crippen molar-refractivity contribution in [3.05, 3.63) is 0 Å². The van der Waals surface area contributed by atoms with E-state index in [1.807, 2.05) is 0 Å². The highest BCUT2D eigenvalue weighted by Crippen LogP contribution is 2.66. The lowest BCUT2D eigenvalue weighted by molar-refractivity contribution is -0.137. The van der Waals surface area contributed by atoms with Crippen LogP contribution in [0.25, 0.3) is 0 Å². The molecular weight excluding hydrogens is 240 g/mol. The van der Waals surface area contributed by atoms with Gasteiger partial charge < -0.3 is 9.84 Å². The van der Waals surface area contributed by atoms with E-state index in [1.165, 1.54) is 19.3 Å². The maximum absolute atomic E-state index is 10.4. The molecule has 0 radical (unpaired) electrons. The predicted octanol–water partition coefficient (Wildman–Crippen LogP) is 3.86. The highest BCUT2D eigenvalue weighted by Gasteiger charge is 2.61. The monoisotopic (exact) mass is 268 g/mol. The molecule has 1 N–H and O–H groups in total. The first-order chi connectivity index (χ1) is 8.88. The first-order valence-corrected chi connectivity index (χ1v) is 7.71. The summed E-state index contributed by atoms with van der Waals surface area (Å²) in [5, 5.41) is 8.57. The zero-order valence-corrected chi connectivity index (χ0v) is 12.6. The van der Waals surface area contributed by atoms with E-state index in [-0.39, 0.29) is 6.42 Å². The fourth-order valence-electron chi connectivity index (χ4n) is 4.16. The molecule has 2 aliphatic rings. The molecule has 3 unspecified atom stereocenters. The molecule has 0 amide bonds. The summed E-state index contributed by atoms with van der Waals surface area (Å²) in [5.74, 6) is 0.137. The van der Waals surface area contributed by atoms with Crippen molar-refractivity contribution < 1.29 is 14.6 Å². The SMILES string of the molecule is CC1(C)C2CCC1(C)C(OCCCCCC(=O)O)C2. The Morgan fingerprint density at radius 2 is 2.00 bits per heavy atom. The maximum atomic E-state index is 10.4. The molecule has 0 saturated heterocycles. The van der Waals surface area contributed by atoms with Crippen LogP contribution >= 0.6 is 0 Å². The largest absolute Gasteiger partial charge is 0.481 e. The molecule has 0 aromatic heterocycles. The second-order valence-electron chi connectivity index (χ2n) is 7.17. The number of ether oxygens (including phenoxy) is 1. The topological polar surface area (TPSA) is 46.5 Å². The van der Waals surface area contributed by atoms with Crippen LogP contribution in [0, 0.1) is 16.7 Å². The van der Waals surface area contributed by atoms with Gasteiger partial charge in [0.1, 0.15) is 0 Å². The molecule has 0 heterocycles. The number of carboxylic acids is 1. The van der Waals surface area contributed by atoms with Crippen molar-refractivity contribution in [1.29, 1.82) is 0 Å². The molecule has 2 saturated carbocycles. The Bertz CT molecular complexity index is 337. The molecule has 110 valence electrons. The van der Waals surface area contributed by atoms with E-state index < -0.39 is 5.97 Å². The van der Waals surface area contributed by atoms with Gasteiger partial charge in [0.25, 0.3) is 0 Å². The summed E-state index contributed by atoms with van der Waals surface area (Å²) in [6.45, 7) is 8.00. The van der Waals surface area contributed by atoms with E-state index in [1.54, 1.807) is 0 Å². The fourth-order valence-corrected chi connectivity index (χ4v) is 4.16. The minimum Gasteiger partial charge on any atom is -0.481 e. The Labute approximate surface area is 116 Å². The zero-order chi connectivity index (χ0) is 14.1. The Kier molecular flexibility index (Phi) is 4.24. The minimum absolute atomic E-state index is 0.288. The average Bonchev–Trinajstić information content (AvgIpc) is 2.66. The zero-order valence-electron chi connectivity index (χ0n) is 12.6. The van der Waals surface area contributed by atoms with Crippen LogP contribution in [-0.2, 0) is 9.53 Å². The van der Waals surface area contributed by atoms with Crippen molar-refractivity contribution in [1.82, 2.24) is 0 Å². The highest BCUT2D eigenvalue weighted by atomic mass is 16.5. The van der Waals surface area contributed by atoms with Crippen molar-refractivity contribution in [2.45, 2.75) is 71.8 Å². The highest BCUT2D eigenvalue weighted by molar-refractivity contribution is 5.66. The van der Waals surface area contributed by atoms with Gasteiger partial charge in [0.2, 0.25) is 0 Å². The van der Waals surface area contributed by atoms with E-state index in [0.29, 0.717) is 16.9 Å². The summed E-state index contributed by atoms with van der Waals surface area (Å²) in [4.78, 5) is 10.4. The van der Waals surface area contributed by atoms with E-state index in [4.69, 9.17) is 9.84 Å². The van der Waals surface area contributed by atoms with Gasteiger partial charge in [-0.05, 0) is 48.9 Å². The predicted molar refractivity (Wildman–Crippen MR) is 75.1 cm³/mol. The van der Waals surface area contributed by atoms with Gasteiger partial charge in [0, 0.05) is 13.0 Å². The van der Waals surface area contributed by atoms with Gasteiger partial charge in [-0.2, -0.15) is 0 Å². The van der Waals surface area contributed by atoms with Crippen LogP contribution in [0.5, 0.6) is 0 Å². The lowest BCUT2D eigenvalue weighted by Gasteiger charge is -2.39. The van der Waals surface area contributed by atoms with Gasteiger partial charge >= 0.3 is 5.97 Å². The second kappa shape index (κ2) is 5.43. The van der Waals surface area contributed by atoms with E-state index in [0.717, 1.165) is 31.8 Å². The molecule has 2 aliphatic carbocycles. The molecule has 3 nitrogen and oxygen atoms in total. The number of carboxylic acid groups (broad SMARTS) is 1. The van der Waals surface area contributed by atoms with Gasteiger partial charge in [-0.25, -0.2) is 0 Å². The number of carbonyl (C=O) groups is 1. The Balaban J connectivity index is 1.69. The summed E-state index contributed by atoms with van der Waals surface area (Å²) >= 11 is 0. The summed E-state index contributed by atoms with van der Waals surface area (Å²) in [7, 11) is 0. The summed E-state index contributed by atoms with van der Waals surface area (Å²) in [6.07, 6.45) is 7.31. The van der Waals surface area contributed by atoms with Crippen molar-refractivity contribution in [2.24, 2.45) is 16.7 Å². The van der Waals surface area contributed by atoms with Gasteiger partial charge in [-0.3, -0.25) is 4.79 Å². The summed E-state index contributed by atoms with van der Waals surface area (Å²) < 4.78 is 6.14. The van der Waals surface area contributed by atoms with Crippen molar-refractivity contribution in [3.8, 4) is 0 Å². The molecule has 2 rings (SSSR count). The number of aliphatic carboxylic acids is 1. The molecule has 0 aromatic carbocycles. The Hall–Kier alpha value is -0.570. The molecule has 19 heavy (non-hydrogen) atoms. The molecule has 2 fully saturated rings. The second-order valence-corrected chi connectivity index (χ2v) is 7.17. The van der Waals surface area contributed by atoms with Crippen LogP contribution in [0.15, 0.2) is 0 Å². The average molecular weight is 268 g/mol. The first kappa shape index (κ1) is 14.8. The quantitative estimate of drug-likeness (QED) is 0.713. The number of rotatable bonds is 7. The molecule has 0 aromatic rings. The molecule has 3 heteroatoms. The summed E-state index contributed by atoms with van der Waals surface area (Å²) in [5.41, 5.74) is 0.764. The maximum Gasteiger partial charge on any atom is 0.303 e. The lowest BCUT2D eigenvalue weighted by Crippen LogP contribution is -2.37. The number of hydrogen-bond donors (Lipinski definition) is 1. The van der Waals surface area contributed by atoms with Crippen molar-refractivity contribution in [2.75, 3.05) is 6.61 Å². The first-order valence-electron chi connectivity index (χ1n) is 7.71. The minimum atomic E-state index is -0.691. The van der Waals surface area contributed by atoms with Crippen molar-refractivity contribution >= 4 is 5.97 Å². The van der Waals surface area contributed by atoms with Crippen molar-refractivity contribution in [3.63, 3.8) is 0 Å². The van der Waals surface area contributed by atoms with Crippen LogP contribution in [-0.4, -0.2) is 23.8 Å². The molecule has 3 atom stereocenters. The van der Waals surface area contributed by atoms with Gasteiger partial charge in [0.05, 0.1) is 6.10 Å². The third-order valence-electron chi connectivity index (χ3n) is 6.07. The third-order valence-corrected chi connectivity index (χ3v) is 6.07. The number of unbranched alkanes of at least 4 members (excludes halogenated alkanes) is 2. The molecule has 0 spiro atoms. The van der Waals surface area contributed by atoms with Crippen LogP contribution in [0.3, 0.4) is 0 Å². The van der Waals surface area contributed by atoms with Crippen LogP contribution < -0.4 is 0 Å². The number of hydrogen-bond acceptors (Lipinski definition) is 2. The molecule has 0 aliphatic heterocycles.